The molecule has 5 rings (SSSR count). The second kappa shape index (κ2) is 7.10. The molecule has 0 spiro atoms. The molecule has 1 aliphatic heterocycles. The van der Waals surface area contributed by atoms with E-state index in [4.69, 9.17) is 0 Å². The number of carbonyl (C=O) groups excluding carboxylic acids is 2. The standard InChI is InChI=1S/C19H19N9O2/c1-10(13-4-2-3-7-20-13)22-17-25-15-11(8-14-16(29)26-19(30)24-14)9-21-28(15)18(27-17)23-12-5-6-12/h2-4,7-10,12H,5-6H2,1H3,(H2,22,23,25,27)(H2,24,26,29,30)/b14-8+. The predicted octanol–water partition coefficient (Wildman–Crippen LogP) is 1.45. The summed E-state index contributed by atoms with van der Waals surface area (Å²) in [6.45, 7) is 1.97. The number of amides is 3. The number of aromatic nitrogens is 5. The van der Waals surface area contributed by atoms with Crippen molar-refractivity contribution in [3.63, 3.8) is 0 Å². The maximum Gasteiger partial charge on any atom is 0.326 e. The lowest BCUT2D eigenvalue weighted by atomic mass is 10.2. The van der Waals surface area contributed by atoms with Crippen LogP contribution in [0.5, 0.6) is 0 Å². The van der Waals surface area contributed by atoms with Gasteiger partial charge in [0.05, 0.1) is 17.9 Å². The van der Waals surface area contributed by atoms with Crippen LogP contribution in [0.4, 0.5) is 16.7 Å². The van der Waals surface area contributed by atoms with Crippen molar-refractivity contribution in [2.24, 2.45) is 0 Å². The second-order valence-electron chi connectivity index (χ2n) is 7.21. The lowest BCUT2D eigenvalue weighted by Gasteiger charge is -2.15. The lowest BCUT2D eigenvalue weighted by molar-refractivity contribution is -0.115. The number of carbonyl (C=O) groups is 2. The summed E-state index contributed by atoms with van der Waals surface area (Å²) >= 11 is 0. The molecule has 1 unspecified atom stereocenters. The molecule has 4 heterocycles. The van der Waals surface area contributed by atoms with Crippen LogP contribution in [-0.4, -0.2) is 42.5 Å². The lowest BCUT2D eigenvalue weighted by Crippen LogP contribution is -2.22. The number of hydrogen-bond acceptors (Lipinski definition) is 8. The first kappa shape index (κ1) is 18.0. The SMILES string of the molecule is CC(Nc1nc(NC2CC2)n2ncc(/C=C3/NC(=O)NC3=O)c2n1)c1ccccn1. The fourth-order valence-corrected chi connectivity index (χ4v) is 3.10. The van der Waals surface area contributed by atoms with Crippen LogP contribution >= 0.6 is 0 Å². The van der Waals surface area contributed by atoms with Crippen LogP contribution in [0, 0.1) is 0 Å². The summed E-state index contributed by atoms with van der Waals surface area (Å²) in [7, 11) is 0. The van der Waals surface area contributed by atoms with Crippen LogP contribution in [0.1, 0.15) is 37.1 Å². The zero-order valence-electron chi connectivity index (χ0n) is 16.1. The van der Waals surface area contributed by atoms with E-state index in [0.29, 0.717) is 29.1 Å². The van der Waals surface area contributed by atoms with E-state index < -0.39 is 11.9 Å². The number of pyridine rings is 1. The molecule has 1 saturated carbocycles. The zero-order chi connectivity index (χ0) is 20.7. The highest BCUT2D eigenvalue weighted by Gasteiger charge is 2.26. The number of nitrogens with one attached hydrogen (secondary N) is 4. The molecule has 1 atom stereocenters. The average molecular weight is 405 g/mol. The Morgan fingerprint density at radius 2 is 2.10 bits per heavy atom. The maximum atomic E-state index is 11.9. The van der Waals surface area contributed by atoms with Crippen molar-refractivity contribution in [3.8, 4) is 0 Å². The molecule has 152 valence electrons. The van der Waals surface area contributed by atoms with Crippen molar-refractivity contribution in [3.05, 3.63) is 47.5 Å². The molecular formula is C19H19N9O2. The quantitative estimate of drug-likeness (QED) is 0.357. The van der Waals surface area contributed by atoms with Gasteiger partial charge in [0.25, 0.3) is 5.91 Å². The summed E-state index contributed by atoms with van der Waals surface area (Å²) in [6, 6.07) is 5.39. The van der Waals surface area contributed by atoms with Gasteiger partial charge >= 0.3 is 6.03 Å². The Balaban J connectivity index is 1.53. The molecule has 0 bridgehead atoms. The summed E-state index contributed by atoms with van der Waals surface area (Å²) in [5.41, 5.74) is 2.09. The van der Waals surface area contributed by atoms with Gasteiger partial charge < -0.3 is 16.0 Å². The average Bonchev–Trinajstić information content (AvgIpc) is 3.37. The largest absolute Gasteiger partial charge is 0.351 e. The number of imide groups is 1. The van der Waals surface area contributed by atoms with Crippen molar-refractivity contribution < 1.29 is 9.59 Å². The summed E-state index contributed by atoms with van der Waals surface area (Å²) in [6.07, 6.45) is 7.01. The molecule has 1 aliphatic carbocycles. The van der Waals surface area contributed by atoms with Gasteiger partial charge in [0.2, 0.25) is 11.9 Å². The van der Waals surface area contributed by atoms with Gasteiger partial charge in [0.1, 0.15) is 5.70 Å². The van der Waals surface area contributed by atoms with Gasteiger partial charge in [-0.3, -0.25) is 15.1 Å². The first-order valence-electron chi connectivity index (χ1n) is 9.60. The third-order valence-electron chi connectivity index (χ3n) is 4.80. The first-order chi connectivity index (χ1) is 14.6. The molecule has 1 saturated heterocycles. The van der Waals surface area contributed by atoms with Gasteiger partial charge in [-0.05, 0) is 38.0 Å². The Morgan fingerprint density at radius 3 is 2.80 bits per heavy atom. The number of fused-ring (bicyclic) bond motifs is 1. The maximum absolute atomic E-state index is 11.9. The molecule has 30 heavy (non-hydrogen) atoms. The van der Waals surface area contributed by atoms with Crippen molar-refractivity contribution in [2.45, 2.75) is 31.8 Å². The van der Waals surface area contributed by atoms with E-state index in [2.05, 4.69) is 41.3 Å². The van der Waals surface area contributed by atoms with E-state index in [-0.39, 0.29) is 11.7 Å². The van der Waals surface area contributed by atoms with Gasteiger partial charge in [-0.1, -0.05) is 6.07 Å². The van der Waals surface area contributed by atoms with Crippen molar-refractivity contribution in [1.82, 2.24) is 35.2 Å². The third-order valence-corrected chi connectivity index (χ3v) is 4.80. The normalized spacial score (nSPS) is 18.4. The van der Waals surface area contributed by atoms with Crippen molar-refractivity contribution in [1.29, 1.82) is 0 Å². The third kappa shape index (κ3) is 3.52. The molecule has 2 aliphatic rings. The van der Waals surface area contributed by atoms with Gasteiger partial charge in [0, 0.05) is 17.8 Å². The molecule has 3 amide bonds. The van der Waals surface area contributed by atoms with Crippen LogP contribution in [-0.2, 0) is 4.79 Å². The van der Waals surface area contributed by atoms with Crippen molar-refractivity contribution in [2.75, 3.05) is 10.6 Å². The minimum absolute atomic E-state index is 0.118. The Kier molecular flexibility index (Phi) is 4.27. The Labute approximate surface area is 171 Å². The van der Waals surface area contributed by atoms with Crippen LogP contribution < -0.4 is 21.3 Å². The molecule has 11 heteroatoms. The summed E-state index contributed by atoms with van der Waals surface area (Å²) in [5, 5.41) is 15.7. The number of nitrogens with zero attached hydrogens (tertiary/aromatic N) is 5. The molecule has 4 N–H and O–H groups in total. The fourth-order valence-electron chi connectivity index (χ4n) is 3.10. The molecule has 2 fully saturated rings. The zero-order valence-corrected chi connectivity index (χ0v) is 16.1. The van der Waals surface area contributed by atoms with E-state index in [1.165, 1.54) is 0 Å². The fraction of sp³-hybridized carbons (Fsp3) is 0.263. The summed E-state index contributed by atoms with van der Waals surface area (Å²) < 4.78 is 1.59. The van der Waals surface area contributed by atoms with E-state index in [0.717, 1.165) is 18.5 Å². The molecule has 0 radical (unpaired) electrons. The van der Waals surface area contributed by atoms with E-state index >= 15 is 0 Å². The molecule has 3 aromatic heterocycles. The van der Waals surface area contributed by atoms with Crippen LogP contribution in [0.2, 0.25) is 0 Å². The van der Waals surface area contributed by atoms with Gasteiger partial charge in [0.15, 0.2) is 5.65 Å². The van der Waals surface area contributed by atoms with E-state index in [9.17, 15) is 9.59 Å². The predicted molar refractivity (Wildman–Crippen MR) is 108 cm³/mol. The topological polar surface area (TPSA) is 138 Å². The van der Waals surface area contributed by atoms with Crippen LogP contribution in [0.3, 0.4) is 0 Å². The summed E-state index contributed by atoms with van der Waals surface area (Å²) in [5.74, 6) is 0.471. The van der Waals surface area contributed by atoms with Crippen LogP contribution in [0.25, 0.3) is 11.7 Å². The van der Waals surface area contributed by atoms with Crippen LogP contribution in [0.15, 0.2) is 36.3 Å². The number of rotatable bonds is 6. The highest BCUT2D eigenvalue weighted by Crippen LogP contribution is 2.26. The molecule has 0 aromatic carbocycles. The minimum Gasteiger partial charge on any atom is -0.351 e. The Bertz CT molecular complexity index is 1170. The Morgan fingerprint density at radius 1 is 1.23 bits per heavy atom. The van der Waals surface area contributed by atoms with E-state index in [1.807, 2.05) is 25.1 Å². The molecule has 11 nitrogen and oxygen atoms in total. The minimum atomic E-state index is -0.556. The van der Waals surface area contributed by atoms with Gasteiger partial charge in [-0.25, -0.2) is 4.79 Å². The first-order valence-corrected chi connectivity index (χ1v) is 9.60. The van der Waals surface area contributed by atoms with E-state index in [1.54, 1.807) is 23.0 Å². The summed E-state index contributed by atoms with van der Waals surface area (Å²) in [4.78, 5) is 36.8. The van der Waals surface area contributed by atoms with Gasteiger partial charge in [-0.2, -0.15) is 19.6 Å². The molecule has 3 aromatic rings. The second-order valence-corrected chi connectivity index (χ2v) is 7.21. The Hall–Kier alpha value is -4.02. The number of urea groups is 1. The molecular weight excluding hydrogens is 386 g/mol. The monoisotopic (exact) mass is 405 g/mol. The highest BCUT2D eigenvalue weighted by molar-refractivity contribution is 6.14. The van der Waals surface area contributed by atoms with Crippen molar-refractivity contribution >= 4 is 35.6 Å². The number of hydrogen-bond donors (Lipinski definition) is 4. The number of anilines is 2. The van der Waals surface area contributed by atoms with Gasteiger partial charge in [-0.15, -0.1) is 0 Å². The highest BCUT2D eigenvalue weighted by atomic mass is 16.2. The smallest absolute Gasteiger partial charge is 0.326 e.